The molecule has 0 aliphatic heterocycles. The highest BCUT2D eigenvalue weighted by atomic mass is 79.9. The molecule has 0 radical (unpaired) electrons. The SMILES string of the molecule is CCOC(=O)[C@H](Br)[C@H](OC(C)(C)C)c1ccc(Cl)cc1. The second-order valence-corrected chi connectivity index (χ2v) is 6.78. The highest BCUT2D eigenvalue weighted by Crippen LogP contribution is 2.32. The average Bonchev–Trinajstić information content (AvgIpc) is 2.35. The van der Waals surface area contributed by atoms with E-state index in [9.17, 15) is 4.79 Å². The normalized spacial score (nSPS) is 14.7. The monoisotopic (exact) mass is 362 g/mol. The summed E-state index contributed by atoms with van der Waals surface area (Å²) >= 11 is 9.28. The molecule has 1 aromatic carbocycles. The molecular weight excluding hydrogens is 344 g/mol. The number of hydrogen-bond donors (Lipinski definition) is 0. The molecule has 0 unspecified atom stereocenters. The summed E-state index contributed by atoms with van der Waals surface area (Å²) in [6, 6.07) is 7.26. The third-order valence-electron chi connectivity index (χ3n) is 2.46. The Morgan fingerprint density at radius 3 is 2.30 bits per heavy atom. The molecule has 0 fully saturated rings. The van der Waals surface area contributed by atoms with Crippen molar-refractivity contribution in [3.8, 4) is 0 Å². The summed E-state index contributed by atoms with van der Waals surface area (Å²) in [5.41, 5.74) is 0.488. The van der Waals surface area contributed by atoms with Crippen molar-refractivity contribution in [2.75, 3.05) is 6.61 Å². The van der Waals surface area contributed by atoms with Gasteiger partial charge in [-0.1, -0.05) is 39.7 Å². The summed E-state index contributed by atoms with van der Waals surface area (Å²) in [6.07, 6.45) is -0.439. The van der Waals surface area contributed by atoms with Crippen LogP contribution in [0.1, 0.15) is 39.4 Å². The fourth-order valence-corrected chi connectivity index (χ4v) is 2.35. The highest BCUT2D eigenvalue weighted by molar-refractivity contribution is 9.10. The molecule has 0 heterocycles. The standard InChI is InChI=1S/C15H20BrClO3/c1-5-19-14(18)12(16)13(20-15(2,3)4)10-6-8-11(17)9-7-10/h6-9,12-13H,5H2,1-4H3/t12-,13-/m1/s1. The summed E-state index contributed by atoms with van der Waals surface area (Å²) in [6.45, 7) is 7.95. The maximum atomic E-state index is 11.9. The van der Waals surface area contributed by atoms with Gasteiger partial charge < -0.3 is 9.47 Å². The number of carbonyl (C=O) groups excluding carboxylic acids is 1. The first-order valence-electron chi connectivity index (χ1n) is 6.48. The summed E-state index contributed by atoms with van der Waals surface area (Å²) in [5, 5.41) is 0.644. The van der Waals surface area contributed by atoms with E-state index in [0.29, 0.717) is 11.6 Å². The second-order valence-electron chi connectivity index (χ2n) is 5.36. The zero-order chi connectivity index (χ0) is 15.3. The third-order valence-corrected chi connectivity index (χ3v) is 3.56. The van der Waals surface area contributed by atoms with Crippen LogP contribution in [0.4, 0.5) is 0 Å². The number of hydrogen-bond acceptors (Lipinski definition) is 3. The molecule has 0 spiro atoms. The van der Waals surface area contributed by atoms with E-state index in [0.717, 1.165) is 5.56 Å². The Hall–Kier alpha value is -0.580. The van der Waals surface area contributed by atoms with E-state index < -0.39 is 10.9 Å². The molecule has 5 heteroatoms. The minimum atomic E-state index is -0.567. The van der Waals surface area contributed by atoms with Crippen molar-refractivity contribution in [3.05, 3.63) is 34.9 Å². The number of benzene rings is 1. The number of alkyl halides is 1. The van der Waals surface area contributed by atoms with Gasteiger partial charge in [0.25, 0.3) is 0 Å². The zero-order valence-corrected chi connectivity index (χ0v) is 14.5. The molecule has 1 rings (SSSR count). The fraction of sp³-hybridized carbons (Fsp3) is 0.533. The van der Waals surface area contributed by atoms with Gasteiger partial charge in [-0.15, -0.1) is 0 Å². The Labute approximate surface area is 133 Å². The summed E-state index contributed by atoms with van der Waals surface area (Å²) in [7, 11) is 0. The largest absolute Gasteiger partial charge is 0.465 e. The van der Waals surface area contributed by atoms with Gasteiger partial charge in [-0.25, -0.2) is 0 Å². The van der Waals surface area contributed by atoms with Crippen molar-refractivity contribution in [1.29, 1.82) is 0 Å². The van der Waals surface area contributed by atoms with E-state index in [4.69, 9.17) is 21.1 Å². The van der Waals surface area contributed by atoms with Gasteiger partial charge in [0.1, 0.15) is 10.9 Å². The van der Waals surface area contributed by atoms with E-state index in [1.807, 2.05) is 32.9 Å². The number of rotatable bonds is 5. The minimum absolute atomic E-state index is 0.336. The van der Waals surface area contributed by atoms with Crippen LogP contribution < -0.4 is 0 Å². The third kappa shape index (κ3) is 5.43. The lowest BCUT2D eigenvalue weighted by atomic mass is 10.0. The van der Waals surface area contributed by atoms with Gasteiger partial charge in [-0.05, 0) is 45.4 Å². The van der Waals surface area contributed by atoms with Crippen molar-refractivity contribution < 1.29 is 14.3 Å². The van der Waals surface area contributed by atoms with Crippen molar-refractivity contribution in [3.63, 3.8) is 0 Å². The summed E-state index contributed by atoms with van der Waals surface area (Å²) in [4.78, 5) is 11.4. The molecule has 1 aromatic rings. The van der Waals surface area contributed by atoms with Crippen LogP contribution in [0.25, 0.3) is 0 Å². The van der Waals surface area contributed by atoms with E-state index >= 15 is 0 Å². The Morgan fingerprint density at radius 1 is 1.30 bits per heavy atom. The highest BCUT2D eigenvalue weighted by Gasteiger charge is 2.32. The Bertz CT molecular complexity index is 439. The first-order valence-corrected chi connectivity index (χ1v) is 7.78. The van der Waals surface area contributed by atoms with Crippen LogP contribution in [0.5, 0.6) is 0 Å². The van der Waals surface area contributed by atoms with Crippen molar-refractivity contribution in [1.82, 2.24) is 0 Å². The molecule has 0 aromatic heterocycles. The molecular formula is C15H20BrClO3. The molecule has 0 aliphatic carbocycles. The van der Waals surface area contributed by atoms with E-state index in [1.54, 1.807) is 19.1 Å². The van der Waals surface area contributed by atoms with Crippen LogP contribution in [-0.4, -0.2) is 23.0 Å². The van der Waals surface area contributed by atoms with Gasteiger partial charge in [-0.2, -0.15) is 0 Å². The van der Waals surface area contributed by atoms with Crippen LogP contribution in [-0.2, 0) is 14.3 Å². The second kappa shape index (κ2) is 7.43. The topological polar surface area (TPSA) is 35.5 Å². The summed E-state index contributed by atoms with van der Waals surface area (Å²) < 4.78 is 11.1. The van der Waals surface area contributed by atoms with Gasteiger partial charge in [0.05, 0.1) is 12.2 Å². The Kier molecular flexibility index (Phi) is 6.49. The van der Waals surface area contributed by atoms with Crippen molar-refractivity contribution in [2.24, 2.45) is 0 Å². The van der Waals surface area contributed by atoms with Crippen LogP contribution in [0.15, 0.2) is 24.3 Å². The molecule has 0 amide bonds. The maximum Gasteiger partial charge on any atom is 0.322 e. The molecule has 0 saturated carbocycles. The van der Waals surface area contributed by atoms with E-state index in [2.05, 4.69) is 15.9 Å². The van der Waals surface area contributed by atoms with Gasteiger partial charge in [0, 0.05) is 5.02 Å². The van der Waals surface area contributed by atoms with Gasteiger partial charge in [0.2, 0.25) is 0 Å². The molecule has 3 nitrogen and oxygen atoms in total. The summed E-state index contributed by atoms with van der Waals surface area (Å²) in [5.74, 6) is -0.336. The van der Waals surface area contributed by atoms with Gasteiger partial charge in [-0.3, -0.25) is 4.79 Å². The molecule has 112 valence electrons. The molecule has 0 bridgehead atoms. The van der Waals surface area contributed by atoms with Gasteiger partial charge >= 0.3 is 5.97 Å². The number of ether oxygens (including phenoxy) is 2. The Balaban J connectivity index is 3.01. The lowest BCUT2D eigenvalue weighted by molar-refractivity contribution is -0.148. The van der Waals surface area contributed by atoms with E-state index in [-0.39, 0.29) is 11.6 Å². The van der Waals surface area contributed by atoms with Gasteiger partial charge in [0.15, 0.2) is 0 Å². The van der Waals surface area contributed by atoms with Crippen LogP contribution in [0, 0.1) is 0 Å². The molecule has 0 saturated heterocycles. The quantitative estimate of drug-likeness (QED) is 0.570. The molecule has 2 atom stereocenters. The van der Waals surface area contributed by atoms with Crippen molar-refractivity contribution in [2.45, 2.75) is 44.2 Å². The number of esters is 1. The Morgan fingerprint density at radius 2 is 1.85 bits per heavy atom. The number of halogens is 2. The van der Waals surface area contributed by atoms with Crippen molar-refractivity contribution >= 4 is 33.5 Å². The maximum absolute atomic E-state index is 11.9. The molecule has 0 aliphatic rings. The van der Waals surface area contributed by atoms with Crippen LogP contribution >= 0.6 is 27.5 Å². The zero-order valence-electron chi connectivity index (χ0n) is 12.2. The van der Waals surface area contributed by atoms with Crippen LogP contribution in [0.3, 0.4) is 0 Å². The first kappa shape index (κ1) is 17.5. The lowest BCUT2D eigenvalue weighted by Gasteiger charge is -2.30. The number of carbonyl (C=O) groups is 1. The smallest absolute Gasteiger partial charge is 0.322 e. The average molecular weight is 364 g/mol. The predicted molar refractivity (Wildman–Crippen MR) is 84.4 cm³/mol. The fourth-order valence-electron chi connectivity index (χ4n) is 1.68. The van der Waals surface area contributed by atoms with Crippen LogP contribution in [0.2, 0.25) is 5.02 Å². The lowest BCUT2D eigenvalue weighted by Crippen LogP contribution is -2.32. The van der Waals surface area contributed by atoms with E-state index in [1.165, 1.54) is 0 Å². The molecule has 0 N–H and O–H groups in total. The molecule has 20 heavy (non-hydrogen) atoms. The first-order chi connectivity index (χ1) is 9.24. The predicted octanol–water partition coefficient (Wildman–Crippen LogP) is 4.52. The minimum Gasteiger partial charge on any atom is -0.465 e.